The fourth-order valence-electron chi connectivity index (χ4n) is 2.02. The van der Waals surface area contributed by atoms with Crippen molar-refractivity contribution in [2.24, 2.45) is 16.7 Å². The van der Waals surface area contributed by atoms with Crippen molar-refractivity contribution in [1.29, 1.82) is 0 Å². The Balaban J connectivity index is 4.90. The van der Waals surface area contributed by atoms with Crippen molar-refractivity contribution in [2.45, 2.75) is 61.0 Å². The Morgan fingerprint density at radius 3 is 2.10 bits per heavy atom. The molecule has 1 unspecified atom stereocenters. The van der Waals surface area contributed by atoms with Crippen LogP contribution in [0.2, 0.25) is 0 Å². The van der Waals surface area contributed by atoms with Gasteiger partial charge in [-0.1, -0.05) is 72.3 Å². The molecule has 0 aliphatic heterocycles. The van der Waals surface area contributed by atoms with Gasteiger partial charge in [0.25, 0.3) is 0 Å². The quantitative estimate of drug-likeness (QED) is 0.566. The first kappa shape index (κ1) is 19.8. The second-order valence-electron chi connectivity index (χ2n) is 7.67. The van der Waals surface area contributed by atoms with Crippen LogP contribution in [0.1, 0.15) is 54.9 Å². The molecule has 0 fully saturated rings. The van der Waals surface area contributed by atoms with Gasteiger partial charge in [0.1, 0.15) is 0 Å². The van der Waals surface area contributed by atoms with E-state index < -0.39 is 0 Å². The average molecular weight is 300 g/mol. The average Bonchev–Trinajstić information content (AvgIpc) is 2.26. The van der Waals surface area contributed by atoms with E-state index in [1.54, 1.807) is 0 Å². The summed E-state index contributed by atoms with van der Waals surface area (Å²) in [7, 11) is 2.38. The summed E-state index contributed by atoms with van der Waals surface area (Å²) in [5, 5.41) is 9.19. The maximum absolute atomic E-state index is 9.19. The summed E-state index contributed by atoms with van der Waals surface area (Å²) in [4.78, 5) is 0. The number of hydrogen-bond donors (Lipinski definition) is 1. The fraction of sp³-hybridized carbons (Fsp3) is 0.765. The van der Waals surface area contributed by atoms with Crippen LogP contribution >= 0.6 is 9.47 Å². The van der Waals surface area contributed by atoms with Crippen LogP contribution < -0.4 is 0 Å². The van der Waals surface area contributed by atoms with Crippen molar-refractivity contribution in [2.75, 3.05) is 6.61 Å². The first-order chi connectivity index (χ1) is 9.01. The Morgan fingerprint density at radius 2 is 1.75 bits per heavy atom. The van der Waals surface area contributed by atoms with E-state index in [1.165, 1.54) is 5.57 Å². The summed E-state index contributed by atoms with van der Waals surface area (Å²) >= 11 is 0. The molecule has 0 radical (unpaired) electrons. The lowest BCUT2D eigenvalue weighted by Gasteiger charge is -2.28. The summed E-state index contributed by atoms with van der Waals surface area (Å²) in [5.41, 5.74) is 1.52. The Hall–Kier alpha value is -0.170. The van der Waals surface area contributed by atoms with Gasteiger partial charge in [0, 0.05) is 9.47 Å². The zero-order valence-electron chi connectivity index (χ0n) is 14.2. The molecule has 3 heteroatoms. The van der Waals surface area contributed by atoms with Crippen LogP contribution in [-0.2, 0) is 4.52 Å². The molecule has 0 aliphatic rings. The van der Waals surface area contributed by atoms with E-state index >= 15 is 0 Å². The minimum Gasteiger partial charge on any atom is -0.392 e. The minimum atomic E-state index is 0.0728. The lowest BCUT2D eigenvalue weighted by Crippen LogP contribution is -2.21. The zero-order chi connectivity index (χ0) is 16.0. The third-order valence-corrected chi connectivity index (χ3v) is 3.66. The first-order valence-corrected chi connectivity index (χ1v) is 7.83. The van der Waals surface area contributed by atoms with Gasteiger partial charge in [-0.15, -0.1) is 0 Å². The van der Waals surface area contributed by atoms with E-state index in [-0.39, 0.29) is 23.5 Å². The van der Waals surface area contributed by atoms with Crippen molar-refractivity contribution >= 4 is 9.47 Å². The summed E-state index contributed by atoms with van der Waals surface area (Å²) in [6.07, 6.45) is 7.28. The predicted octanol–water partition coefficient (Wildman–Crippen LogP) is 4.76. The number of rotatable bonds is 6. The Kier molecular flexibility index (Phi) is 8.25. The van der Waals surface area contributed by atoms with Crippen LogP contribution in [0.15, 0.2) is 23.8 Å². The molecule has 0 rings (SSSR count). The molecule has 0 aliphatic carbocycles. The molecule has 0 spiro atoms. The van der Waals surface area contributed by atoms with Gasteiger partial charge >= 0.3 is 0 Å². The molecule has 0 saturated carbocycles. The monoisotopic (exact) mass is 300 g/mol. The van der Waals surface area contributed by atoms with Gasteiger partial charge < -0.3 is 9.63 Å². The summed E-state index contributed by atoms with van der Waals surface area (Å²) in [5.74, 6) is 0.364. The summed E-state index contributed by atoms with van der Waals surface area (Å²) in [6.45, 7) is 15.4. The molecule has 2 nitrogen and oxygen atoms in total. The lowest BCUT2D eigenvalue weighted by atomic mass is 9.80. The van der Waals surface area contributed by atoms with Crippen molar-refractivity contribution in [3.8, 4) is 0 Å². The molecular formula is C17H33O2P. The largest absolute Gasteiger partial charge is 0.392 e. The third kappa shape index (κ3) is 8.19. The molecule has 0 aromatic rings. The van der Waals surface area contributed by atoms with Gasteiger partial charge in [-0.05, 0) is 23.2 Å². The lowest BCUT2D eigenvalue weighted by molar-refractivity contribution is 0.212. The fourth-order valence-corrected chi connectivity index (χ4v) is 2.38. The van der Waals surface area contributed by atoms with E-state index in [0.717, 1.165) is 6.42 Å². The van der Waals surface area contributed by atoms with Gasteiger partial charge in [0.05, 0.1) is 12.7 Å². The second-order valence-corrected chi connectivity index (χ2v) is 7.94. The molecule has 0 heterocycles. The van der Waals surface area contributed by atoms with E-state index in [1.807, 2.05) is 6.08 Å². The van der Waals surface area contributed by atoms with Gasteiger partial charge in [-0.3, -0.25) is 0 Å². The SMILES string of the molecule is C[C@H](CC(=CCO)C(C)(C)C)[C@H](C=CC(C)(C)C)OP. The van der Waals surface area contributed by atoms with Gasteiger partial charge in [0.2, 0.25) is 0 Å². The van der Waals surface area contributed by atoms with Gasteiger partial charge in [0.15, 0.2) is 0 Å². The van der Waals surface area contributed by atoms with Crippen LogP contribution in [0.25, 0.3) is 0 Å². The van der Waals surface area contributed by atoms with Gasteiger partial charge in [-0.2, -0.15) is 0 Å². The van der Waals surface area contributed by atoms with E-state index in [9.17, 15) is 5.11 Å². The molecule has 0 saturated heterocycles. The third-order valence-electron chi connectivity index (χ3n) is 3.35. The molecule has 0 amide bonds. The highest BCUT2D eigenvalue weighted by atomic mass is 31.0. The number of allylic oxidation sites excluding steroid dienone is 2. The van der Waals surface area contributed by atoms with Crippen LogP contribution in [0.4, 0.5) is 0 Å². The molecule has 118 valence electrons. The molecule has 3 atom stereocenters. The van der Waals surface area contributed by atoms with Gasteiger partial charge in [-0.25, -0.2) is 0 Å². The number of aliphatic hydroxyl groups is 1. The Bertz CT molecular complexity index is 332. The molecule has 0 bridgehead atoms. The van der Waals surface area contributed by atoms with Crippen molar-refractivity contribution in [3.63, 3.8) is 0 Å². The standard InChI is InChI=1S/C17H33O2P/c1-13(12-14(9-11-18)17(5,6)7)15(19-20)8-10-16(2,3)4/h8-10,13,15,18H,11-12,20H2,1-7H3/t13-,15+/m1/s1. The smallest absolute Gasteiger partial charge is 0.0820 e. The second kappa shape index (κ2) is 8.32. The van der Waals surface area contributed by atoms with Crippen LogP contribution in [-0.4, -0.2) is 17.8 Å². The zero-order valence-corrected chi connectivity index (χ0v) is 15.4. The molecule has 0 aromatic carbocycles. The predicted molar refractivity (Wildman–Crippen MR) is 91.6 cm³/mol. The Labute approximate surface area is 128 Å². The maximum atomic E-state index is 9.19. The molecular weight excluding hydrogens is 267 g/mol. The minimum absolute atomic E-state index is 0.0728. The topological polar surface area (TPSA) is 29.5 Å². The summed E-state index contributed by atoms with van der Waals surface area (Å²) < 4.78 is 5.54. The Morgan fingerprint density at radius 1 is 1.20 bits per heavy atom. The molecule has 20 heavy (non-hydrogen) atoms. The van der Waals surface area contributed by atoms with E-state index in [4.69, 9.17) is 4.52 Å². The first-order valence-electron chi connectivity index (χ1n) is 7.36. The van der Waals surface area contributed by atoms with Crippen LogP contribution in [0.3, 0.4) is 0 Å². The maximum Gasteiger partial charge on any atom is 0.0820 e. The summed E-state index contributed by atoms with van der Waals surface area (Å²) in [6, 6.07) is 0. The normalized spacial score (nSPS) is 17.6. The molecule has 0 aromatic heterocycles. The number of aliphatic hydroxyl groups excluding tert-OH is 1. The highest BCUT2D eigenvalue weighted by Gasteiger charge is 2.23. The van der Waals surface area contributed by atoms with Crippen molar-refractivity contribution in [1.82, 2.24) is 0 Å². The highest BCUT2D eigenvalue weighted by Crippen LogP contribution is 2.32. The van der Waals surface area contributed by atoms with Crippen LogP contribution in [0.5, 0.6) is 0 Å². The van der Waals surface area contributed by atoms with Crippen molar-refractivity contribution in [3.05, 3.63) is 23.8 Å². The molecule has 1 N–H and O–H groups in total. The number of hydrogen-bond acceptors (Lipinski definition) is 2. The highest BCUT2D eigenvalue weighted by molar-refractivity contribution is 7.09. The van der Waals surface area contributed by atoms with Crippen molar-refractivity contribution < 1.29 is 9.63 Å². The van der Waals surface area contributed by atoms with E-state index in [2.05, 4.69) is 70.1 Å². The van der Waals surface area contributed by atoms with Crippen LogP contribution in [0, 0.1) is 16.7 Å². The van der Waals surface area contributed by atoms with E-state index in [0.29, 0.717) is 5.92 Å².